The van der Waals surface area contributed by atoms with Crippen LogP contribution >= 0.6 is 0 Å². The number of rotatable bonds is 10. The Morgan fingerprint density at radius 3 is 2.68 bits per heavy atom. The van der Waals surface area contributed by atoms with Crippen molar-refractivity contribution in [3.05, 3.63) is 72.1 Å². The molecule has 0 saturated heterocycles. The average Bonchev–Trinajstić information content (AvgIpc) is 3.76. The van der Waals surface area contributed by atoms with Gasteiger partial charge in [-0.15, -0.1) is 0 Å². The molecule has 190 valence electrons. The van der Waals surface area contributed by atoms with E-state index in [0.717, 1.165) is 41.3 Å². The fourth-order valence-corrected chi connectivity index (χ4v) is 4.53. The predicted octanol–water partition coefficient (Wildman–Crippen LogP) is 5.16. The van der Waals surface area contributed by atoms with E-state index in [9.17, 15) is 9.18 Å². The highest BCUT2D eigenvalue weighted by Crippen LogP contribution is 2.32. The first-order chi connectivity index (χ1) is 18.1. The fraction of sp³-hybridized carbons (Fsp3) is 0.321. The Morgan fingerprint density at radius 2 is 1.95 bits per heavy atom. The zero-order chi connectivity index (χ0) is 25.8. The average molecular weight is 500 g/mol. The summed E-state index contributed by atoms with van der Waals surface area (Å²) in [5.74, 6) is 0.957. The summed E-state index contributed by atoms with van der Waals surface area (Å²) in [6, 6.07) is 11.2. The van der Waals surface area contributed by atoms with Crippen molar-refractivity contribution in [3.8, 4) is 11.3 Å². The number of pyridine rings is 2. The number of anilines is 2. The van der Waals surface area contributed by atoms with Crippen LogP contribution in [0.2, 0.25) is 0 Å². The third-order valence-electron chi connectivity index (χ3n) is 6.73. The van der Waals surface area contributed by atoms with Crippen molar-refractivity contribution in [2.24, 2.45) is 0 Å². The number of nitrogens with one attached hydrogen (secondary N) is 3. The first-order valence-electron chi connectivity index (χ1n) is 12.7. The van der Waals surface area contributed by atoms with Gasteiger partial charge in [0, 0.05) is 49.0 Å². The lowest BCUT2D eigenvalue weighted by molar-refractivity contribution is 0.0964. The number of carbonyl (C=O) groups excluding carboxylic acids is 1. The highest BCUT2D eigenvalue weighted by atomic mass is 19.1. The third kappa shape index (κ3) is 5.50. The first-order valence-corrected chi connectivity index (χ1v) is 12.7. The molecule has 3 N–H and O–H groups in total. The third-order valence-corrected chi connectivity index (χ3v) is 6.73. The maximum atomic E-state index is 14.8. The standard InChI is InChI=1S/C28H30FN7O/c1-3-17(20-7-8-22(29)26-21(28(37)30-2)11-13-32-27(20)26)10-12-31-25-14-23(34-16-35-25)18-4-9-24(33-15-18)36-19-5-6-19/h4,7-9,11,13-17,19H,3,5-6,10,12H2,1-2H3,(H,30,37)(H,33,36)(H,31,34,35). The molecule has 0 radical (unpaired) electrons. The number of nitrogens with zero attached hydrogens (tertiary/aromatic N) is 4. The summed E-state index contributed by atoms with van der Waals surface area (Å²) in [4.78, 5) is 30.0. The zero-order valence-electron chi connectivity index (χ0n) is 21.0. The summed E-state index contributed by atoms with van der Waals surface area (Å²) in [6.07, 6.45) is 8.96. The molecule has 0 aliphatic heterocycles. The first kappa shape index (κ1) is 24.5. The van der Waals surface area contributed by atoms with E-state index in [4.69, 9.17) is 0 Å². The molecule has 1 aliphatic carbocycles. The normalized spacial score (nSPS) is 13.8. The van der Waals surface area contributed by atoms with E-state index in [0.29, 0.717) is 23.7 Å². The van der Waals surface area contributed by atoms with Crippen LogP contribution in [0.15, 0.2) is 55.1 Å². The quantitative estimate of drug-likeness (QED) is 0.277. The Hall–Kier alpha value is -4.14. The lowest BCUT2D eigenvalue weighted by Crippen LogP contribution is -2.19. The predicted molar refractivity (Wildman–Crippen MR) is 143 cm³/mol. The second-order valence-electron chi connectivity index (χ2n) is 9.26. The van der Waals surface area contributed by atoms with Crippen molar-refractivity contribution >= 4 is 28.4 Å². The van der Waals surface area contributed by atoms with Gasteiger partial charge < -0.3 is 16.0 Å². The summed E-state index contributed by atoms with van der Waals surface area (Å²) in [7, 11) is 1.54. The number of hydrogen-bond acceptors (Lipinski definition) is 7. The van der Waals surface area contributed by atoms with Crippen LogP contribution in [0.1, 0.15) is 54.4 Å². The van der Waals surface area contributed by atoms with Crippen LogP contribution in [0.5, 0.6) is 0 Å². The van der Waals surface area contributed by atoms with E-state index < -0.39 is 5.82 Å². The van der Waals surface area contributed by atoms with Crippen LogP contribution in [-0.2, 0) is 0 Å². The molecule has 1 aliphatic rings. The SMILES string of the molecule is CCC(CCNc1cc(-c2ccc(NC3CC3)nc2)ncn1)c1ccc(F)c2c(C(=O)NC)ccnc12. The van der Waals surface area contributed by atoms with Gasteiger partial charge in [-0.3, -0.25) is 9.78 Å². The van der Waals surface area contributed by atoms with Crippen LogP contribution in [0.3, 0.4) is 0 Å². The van der Waals surface area contributed by atoms with Crippen molar-refractivity contribution in [3.63, 3.8) is 0 Å². The summed E-state index contributed by atoms with van der Waals surface area (Å²) >= 11 is 0. The lowest BCUT2D eigenvalue weighted by atomic mass is 9.90. The van der Waals surface area contributed by atoms with Gasteiger partial charge in [0.05, 0.1) is 16.8 Å². The number of aromatic nitrogens is 4. The number of halogens is 1. The van der Waals surface area contributed by atoms with Gasteiger partial charge in [-0.1, -0.05) is 13.0 Å². The van der Waals surface area contributed by atoms with Gasteiger partial charge in [-0.25, -0.2) is 19.3 Å². The highest BCUT2D eigenvalue weighted by molar-refractivity contribution is 6.06. The molecule has 9 heteroatoms. The lowest BCUT2D eigenvalue weighted by Gasteiger charge is -2.19. The summed E-state index contributed by atoms with van der Waals surface area (Å²) in [5, 5.41) is 9.62. The molecule has 1 amide bonds. The Kier molecular flexibility index (Phi) is 7.20. The Labute approximate surface area is 215 Å². The maximum Gasteiger partial charge on any atom is 0.251 e. The second-order valence-corrected chi connectivity index (χ2v) is 9.26. The van der Waals surface area contributed by atoms with Crippen molar-refractivity contribution in [2.75, 3.05) is 24.2 Å². The van der Waals surface area contributed by atoms with E-state index in [-0.39, 0.29) is 17.2 Å². The van der Waals surface area contributed by atoms with Crippen LogP contribution in [0.25, 0.3) is 22.2 Å². The smallest absolute Gasteiger partial charge is 0.251 e. The number of carbonyl (C=O) groups is 1. The molecular weight excluding hydrogens is 469 g/mol. The monoisotopic (exact) mass is 499 g/mol. The minimum Gasteiger partial charge on any atom is -0.370 e. The molecule has 4 aromatic rings. The minimum absolute atomic E-state index is 0.125. The van der Waals surface area contributed by atoms with Gasteiger partial charge in [0.25, 0.3) is 5.91 Å². The van der Waals surface area contributed by atoms with Gasteiger partial charge in [0.15, 0.2) is 0 Å². The van der Waals surface area contributed by atoms with Crippen LogP contribution in [0, 0.1) is 5.82 Å². The molecule has 3 aromatic heterocycles. The van der Waals surface area contributed by atoms with Crippen LogP contribution in [-0.4, -0.2) is 45.5 Å². The van der Waals surface area contributed by atoms with Crippen molar-refractivity contribution in [2.45, 2.75) is 44.6 Å². The molecule has 1 saturated carbocycles. The Balaban J connectivity index is 1.29. The molecule has 37 heavy (non-hydrogen) atoms. The molecule has 8 nitrogen and oxygen atoms in total. The summed E-state index contributed by atoms with van der Waals surface area (Å²) < 4.78 is 14.8. The van der Waals surface area contributed by atoms with Crippen LogP contribution < -0.4 is 16.0 Å². The zero-order valence-corrected chi connectivity index (χ0v) is 21.0. The van der Waals surface area contributed by atoms with Crippen LogP contribution in [0.4, 0.5) is 16.0 Å². The van der Waals surface area contributed by atoms with Gasteiger partial charge >= 0.3 is 0 Å². The van der Waals surface area contributed by atoms with E-state index >= 15 is 0 Å². The van der Waals surface area contributed by atoms with Gasteiger partial charge in [-0.05, 0) is 61.4 Å². The second kappa shape index (κ2) is 10.9. The molecule has 1 fully saturated rings. The molecule has 0 bridgehead atoms. The maximum absolute atomic E-state index is 14.8. The fourth-order valence-electron chi connectivity index (χ4n) is 4.53. The number of benzene rings is 1. The summed E-state index contributed by atoms with van der Waals surface area (Å²) in [5.41, 5.74) is 3.48. The Bertz CT molecular complexity index is 1410. The molecule has 5 rings (SSSR count). The topological polar surface area (TPSA) is 105 Å². The largest absolute Gasteiger partial charge is 0.370 e. The molecule has 1 unspecified atom stereocenters. The summed E-state index contributed by atoms with van der Waals surface area (Å²) in [6.45, 7) is 2.76. The Morgan fingerprint density at radius 1 is 1.08 bits per heavy atom. The van der Waals surface area contributed by atoms with Crippen molar-refractivity contribution in [1.29, 1.82) is 0 Å². The highest BCUT2D eigenvalue weighted by Gasteiger charge is 2.21. The number of fused-ring (bicyclic) bond motifs is 1. The molecule has 1 atom stereocenters. The molecular formula is C28H30FN7O. The van der Waals surface area contributed by atoms with Gasteiger partial charge in [-0.2, -0.15) is 0 Å². The molecule has 1 aromatic carbocycles. The van der Waals surface area contributed by atoms with Crippen molar-refractivity contribution < 1.29 is 9.18 Å². The van der Waals surface area contributed by atoms with Gasteiger partial charge in [0.2, 0.25) is 0 Å². The van der Waals surface area contributed by atoms with E-state index in [2.05, 4.69) is 42.8 Å². The van der Waals surface area contributed by atoms with E-state index in [1.807, 2.05) is 24.4 Å². The molecule has 0 spiro atoms. The number of hydrogen-bond donors (Lipinski definition) is 3. The van der Waals surface area contributed by atoms with Gasteiger partial charge in [0.1, 0.15) is 23.8 Å². The van der Waals surface area contributed by atoms with E-state index in [1.54, 1.807) is 24.7 Å². The number of amides is 1. The van der Waals surface area contributed by atoms with Crippen molar-refractivity contribution in [1.82, 2.24) is 25.3 Å². The minimum atomic E-state index is -0.446. The molecule has 3 heterocycles. The van der Waals surface area contributed by atoms with E-state index in [1.165, 1.54) is 26.0 Å².